The summed E-state index contributed by atoms with van der Waals surface area (Å²) in [6.45, 7) is 1.78. The van der Waals surface area contributed by atoms with Gasteiger partial charge in [-0.3, -0.25) is 9.59 Å². The Kier molecular flexibility index (Phi) is 6.57. The summed E-state index contributed by atoms with van der Waals surface area (Å²) in [7, 11) is 1.38. The first-order valence-electron chi connectivity index (χ1n) is 10.0. The van der Waals surface area contributed by atoms with Crippen LogP contribution in [0.4, 0.5) is 13.2 Å². The average molecular weight is 497 g/mol. The first kappa shape index (κ1) is 23.4. The van der Waals surface area contributed by atoms with Gasteiger partial charge >= 0.3 is 6.18 Å². The van der Waals surface area contributed by atoms with Crippen LogP contribution in [0.5, 0.6) is 5.88 Å². The number of alkyl halides is 3. The number of nitrogens with one attached hydrogen (secondary N) is 1. The number of halogens is 3. The molecule has 1 saturated carbocycles. The maximum atomic E-state index is 13.3. The second-order valence-corrected chi connectivity index (χ2v) is 9.57. The molecule has 3 heterocycles. The zero-order chi connectivity index (χ0) is 23.8. The van der Waals surface area contributed by atoms with Crippen LogP contribution < -0.4 is 10.1 Å². The average Bonchev–Trinajstić information content (AvgIpc) is 3.46. The van der Waals surface area contributed by atoms with Crippen LogP contribution in [0.2, 0.25) is 0 Å². The summed E-state index contributed by atoms with van der Waals surface area (Å²) >= 11 is 2.06. The number of ether oxygens (including phenoxy) is 1. The SMILES string of the molecule is COc1ccc2nc(C(F)(F)F)nc(SCC(=O)c3ccc(C(C)C(=O)NC4CC4)s3)c2n1. The quantitative estimate of drug-likeness (QED) is 0.279. The molecule has 0 radical (unpaired) electrons. The van der Waals surface area contributed by atoms with E-state index in [9.17, 15) is 22.8 Å². The van der Waals surface area contributed by atoms with Crippen molar-refractivity contribution in [1.29, 1.82) is 0 Å². The zero-order valence-corrected chi connectivity index (χ0v) is 19.2. The van der Waals surface area contributed by atoms with Crippen molar-refractivity contribution >= 4 is 45.8 Å². The van der Waals surface area contributed by atoms with Gasteiger partial charge in [-0.25, -0.2) is 15.0 Å². The summed E-state index contributed by atoms with van der Waals surface area (Å²) in [5.41, 5.74) is 0.124. The van der Waals surface area contributed by atoms with Crippen molar-refractivity contribution in [3.8, 4) is 5.88 Å². The first-order valence-corrected chi connectivity index (χ1v) is 11.8. The van der Waals surface area contributed by atoms with E-state index < -0.39 is 12.0 Å². The number of amides is 1. The number of carbonyl (C=O) groups is 2. The lowest BCUT2D eigenvalue weighted by molar-refractivity contribution is -0.145. The Labute approximate surface area is 195 Å². The van der Waals surface area contributed by atoms with Gasteiger partial charge in [0.25, 0.3) is 0 Å². The molecule has 0 saturated heterocycles. The summed E-state index contributed by atoms with van der Waals surface area (Å²) in [4.78, 5) is 37.5. The fourth-order valence-electron chi connectivity index (χ4n) is 2.93. The van der Waals surface area contributed by atoms with E-state index >= 15 is 0 Å². The Morgan fingerprint density at radius 1 is 1.21 bits per heavy atom. The number of thioether (sulfide) groups is 1. The number of nitrogens with zero attached hydrogens (tertiary/aromatic N) is 3. The monoisotopic (exact) mass is 496 g/mol. The normalized spacial score (nSPS) is 14.8. The molecule has 1 fully saturated rings. The molecule has 1 aliphatic rings. The molecule has 0 spiro atoms. The number of carbonyl (C=O) groups excluding carboxylic acids is 2. The number of aromatic nitrogens is 3. The standard InChI is InChI=1S/C21H19F3N4O3S2/c1-10(18(30)25-11-3-4-11)14-6-7-15(33-14)13(29)9-32-19-17-12(5-8-16(27-17)31-2)26-20(28-19)21(22,23)24/h5-8,10-11H,3-4,9H2,1-2H3,(H,25,30). The molecule has 3 aromatic rings. The molecule has 3 aromatic heterocycles. The second kappa shape index (κ2) is 9.26. The number of thiophene rings is 1. The van der Waals surface area contributed by atoms with Crippen molar-refractivity contribution in [3.63, 3.8) is 0 Å². The van der Waals surface area contributed by atoms with Crippen LogP contribution in [-0.2, 0) is 11.0 Å². The molecule has 4 rings (SSSR count). The Hall–Kier alpha value is -2.73. The van der Waals surface area contributed by atoms with E-state index in [1.54, 1.807) is 19.1 Å². The minimum Gasteiger partial charge on any atom is -0.481 e. The van der Waals surface area contributed by atoms with Gasteiger partial charge in [-0.1, -0.05) is 11.8 Å². The van der Waals surface area contributed by atoms with E-state index in [4.69, 9.17) is 4.74 Å². The molecular weight excluding hydrogens is 477 g/mol. The number of methoxy groups -OCH3 is 1. The number of rotatable bonds is 8. The number of hydrogen-bond acceptors (Lipinski definition) is 8. The third kappa shape index (κ3) is 5.44. The Balaban J connectivity index is 1.52. The lowest BCUT2D eigenvalue weighted by Gasteiger charge is -2.10. The van der Waals surface area contributed by atoms with E-state index in [2.05, 4.69) is 20.3 Å². The van der Waals surface area contributed by atoms with Gasteiger partial charge in [0.1, 0.15) is 10.5 Å². The summed E-state index contributed by atoms with van der Waals surface area (Å²) in [5, 5.41) is 2.87. The third-order valence-corrected chi connectivity index (χ3v) is 7.21. The second-order valence-electron chi connectivity index (χ2n) is 7.49. The highest BCUT2D eigenvalue weighted by Crippen LogP contribution is 2.33. The Bertz CT molecular complexity index is 1210. The lowest BCUT2D eigenvalue weighted by atomic mass is 10.1. The smallest absolute Gasteiger partial charge is 0.451 e. The van der Waals surface area contributed by atoms with Crippen LogP contribution >= 0.6 is 23.1 Å². The van der Waals surface area contributed by atoms with Crippen molar-refractivity contribution in [2.45, 2.75) is 42.9 Å². The maximum absolute atomic E-state index is 13.3. The molecular formula is C21H19F3N4O3S2. The minimum atomic E-state index is -4.74. The fraction of sp³-hybridized carbons (Fsp3) is 0.381. The maximum Gasteiger partial charge on any atom is 0.451 e. The molecule has 7 nitrogen and oxygen atoms in total. The molecule has 1 N–H and O–H groups in total. The lowest BCUT2D eigenvalue weighted by Crippen LogP contribution is -2.29. The van der Waals surface area contributed by atoms with Gasteiger partial charge in [0.15, 0.2) is 5.78 Å². The third-order valence-electron chi connectivity index (χ3n) is 4.93. The summed E-state index contributed by atoms with van der Waals surface area (Å²) in [6, 6.07) is 6.37. The Morgan fingerprint density at radius 3 is 2.64 bits per heavy atom. The van der Waals surface area contributed by atoms with E-state index in [-0.39, 0.29) is 51.3 Å². The van der Waals surface area contributed by atoms with Crippen LogP contribution in [0.25, 0.3) is 11.0 Å². The molecule has 33 heavy (non-hydrogen) atoms. The van der Waals surface area contributed by atoms with Crippen molar-refractivity contribution in [2.75, 3.05) is 12.9 Å². The zero-order valence-electron chi connectivity index (χ0n) is 17.6. The largest absolute Gasteiger partial charge is 0.481 e. The van der Waals surface area contributed by atoms with Gasteiger partial charge in [-0.2, -0.15) is 13.2 Å². The van der Waals surface area contributed by atoms with E-state index in [1.807, 2.05) is 0 Å². The van der Waals surface area contributed by atoms with Crippen LogP contribution in [-0.4, -0.2) is 45.5 Å². The molecule has 1 amide bonds. The number of fused-ring (bicyclic) bond motifs is 1. The molecule has 174 valence electrons. The number of hydrogen-bond donors (Lipinski definition) is 1. The number of ketones is 1. The van der Waals surface area contributed by atoms with Crippen molar-refractivity contribution < 1.29 is 27.5 Å². The van der Waals surface area contributed by atoms with Crippen LogP contribution in [0.1, 0.15) is 46.1 Å². The highest BCUT2D eigenvalue weighted by atomic mass is 32.2. The van der Waals surface area contributed by atoms with Crippen molar-refractivity contribution in [3.05, 3.63) is 39.8 Å². The van der Waals surface area contributed by atoms with Gasteiger partial charge in [-0.15, -0.1) is 11.3 Å². The molecule has 0 aromatic carbocycles. The minimum absolute atomic E-state index is 0.00184. The van der Waals surface area contributed by atoms with Crippen molar-refractivity contribution in [1.82, 2.24) is 20.3 Å². The number of pyridine rings is 1. The first-order chi connectivity index (χ1) is 15.7. The van der Waals surface area contributed by atoms with Gasteiger partial charge in [0.05, 0.1) is 29.2 Å². The van der Waals surface area contributed by atoms with E-state index in [1.165, 1.54) is 30.6 Å². The molecule has 0 aliphatic heterocycles. The van der Waals surface area contributed by atoms with Gasteiger partial charge in [0, 0.05) is 17.0 Å². The van der Waals surface area contributed by atoms with Gasteiger partial charge in [-0.05, 0) is 38.0 Å². The molecule has 0 bridgehead atoms. The molecule has 1 unspecified atom stereocenters. The van der Waals surface area contributed by atoms with Crippen molar-refractivity contribution in [2.24, 2.45) is 0 Å². The topological polar surface area (TPSA) is 94.1 Å². The molecule has 1 atom stereocenters. The Morgan fingerprint density at radius 2 is 1.97 bits per heavy atom. The van der Waals surface area contributed by atoms with E-state index in [0.29, 0.717) is 4.88 Å². The van der Waals surface area contributed by atoms with Crippen LogP contribution in [0.3, 0.4) is 0 Å². The van der Waals surface area contributed by atoms with Gasteiger partial charge in [0.2, 0.25) is 17.6 Å². The fourth-order valence-corrected chi connectivity index (χ4v) is 4.88. The van der Waals surface area contributed by atoms with Crippen LogP contribution in [0, 0.1) is 0 Å². The number of Topliss-reactive ketones (excluding diaryl/α,β-unsaturated/α-hetero) is 1. The molecule has 12 heteroatoms. The summed E-state index contributed by atoms with van der Waals surface area (Å²) in [5.74, 6) is -2.01. The molecule has 1 aliphatic carbocycles. The van der Waals surface area contributed by atoms with Gasteiger partial charge < -0.3 is 10.1 Å². The summed E-state index contributed by atoms with van der Waals surface area (Å²) < 4.78 is 44.8. The predicted octanol–water partition coefficient (Wildman–Crippen LogP) is 4.47. The van der Waals surface area contributed by atoms with Crippen LogP contribution in [0.15, 0.2) is 29.3 Å². The predicted molar refractivity (Wildman–Crippen MR) is 118 cm³/mol. The highest BCUT2D eigenvalue weighted by Gasteiger charge is 2.36. The van der Waals surface area contributed by atoms with E-state index in [0.717, 1.165) is 29.5 Å². The highest BCUT2D eigenvalue weighted by molar-refractivity contribution is 8.00. The summed E-state index contributed by atoms with van der Waals surface area (Å²) in [6.07, 6.45) is -2.77.